The summed E-state index contributed by atoms with van der Waals surface area (Å²) in [5.41, 5.74) is 6.80. The Morgan fingerprint density at radius 3 is 2.11 bits per heavy atom. The van der Waals surface area contributed by atoms with Crippen LogP contribution in [0, 0.1) is 0 Å². The zero-order valence-corrected chi connectivity index (χ0v) is 22.1. The molecule has 0 saturated carbocycles. The number of ether oxygens (including phenoxy) is 1. The first-order valence-electron chi connectivity index (χ1n) is 12.1. The van der Waals surface area contributed by atoms with Crippen molar-refractivity contribution in [2.45, 2.75) is 50.2 Å². The van der Waals surface area contributed by atoms with Crippen LogP contribution in [0.2, 0.25) is 10.0 Å². The van der Waals surface area contributed by atoms with Gasteiger partial charge in [-0.1, -0.05) is 83.9 Å². The Labute approximate surface area is 222 Å². The van der Waals surface area contributed by atoms with Crippen molar-refractivity contribution in [2.24, 2.45) is 5.73 Å². The molecular formula is C29H32Cl2N2O3. The number of phenols is 1. The molecule has 1 atom stereocenters. The maximum absolute atomic E-state index is 13.1. The van der Waals surface area contributed by atoms with Crippen LogP contribution in [0.3, 0.4) is 0 Å². The summed E-state index contributed by atoms with van der Waals surface area (Å²) < 4.78 is 6.08. The van der Waals surface area contributed by atoms with Crippen LogP contribution in [-0.2, 0) is 10.2 Å². The van der Waals surface area contributed by atoms with Gasteiger partial charge in [0.1, 0.15) is 6.10 Å². The van der Waals surface area contributed by atoms with Gasteiger partial charge in [0.05, 0.1) is 15.5 Å². The van der Waals surface area contributed by atoms with E-state index in [0.29, 0.717) is 23.7 Å². The topological polar surface area (TPSA) is 75.8 Å². The molecule has 1 aliphatic rings. The Balaban J connectivity index is 1.52. The number of carbonyl (C=O) groups is 1. The molecule has 3 N–H and O–H groups in total. The first-order valence-corrected chi connectivity index (χ1v) is 12.9. The Morgan fingerprint density at radius 2 is 1.56 bits per heavy atom. The summed E-state index contributed by atoms with van der Waals surface area (Å²) in [5, 5.41) is 10.8. The van der Waals surface area contributed by atoms with Crippen LogP contribution >= 0.6 is 23.2 Å². The van der Waals surface area contributed by atoms with E-state index in [0.717, 1.165) is 30.5 Å². The fourth-order valence-corrected chi connectivity index (χ4v) is 5.44. The van der Waals surface area contributed by atoms with Crippen LogP contribution in [0.4, 0.5) is 0 Å². The van der Waals surface area contributed by atoms with Crippen molar-refractivity contribution >= 4 is 29.1 Å². The van der Waals surface area contributed by atoms with E-state index in [-0.39, 0.29) is 28.3 Å². The molecule has 5 nitrogen and oxygen atoms in total. The van der Waals surface area contributed by atoms with Crippen LogP contribution in [0.15, 0.2) is 72.8 Å². The zero-order chi connectivity index (χ0) is 25.9. The number of carbonyl (C=O) groups excluding carboxylic acids is 1. The molecule has 1 aliphatic heterocycles. The van der Waals surface area contributed by atoms with E-state index < -0.39 is 5.41 Å². The number of primary amides is 1. The highest BCUT2D eigenvalue weighted by atomic mass is 35.5. The lowest BCUT2D eigenvalue weighted by atomic mass is 9.69. The van der Waals surface area contributed by atoms with Crippen molar-refractivity contribution in [3.05, 3.63) is 94.0 Å². The molecule has 0 aliphatic carbocycles. The van der Waals surface area contributed by atoms with Gasteiger partial charge in [0.25, 0.3) is 0 Å². The van der Waals surface area contributed by atoms with E-state index in [2.05, 4.69) is 18.7 Å². The summed E-state index contributed by atoms with van der Waals surface area (Å²) in [7, 11) is 0. The third-order valence-electron chi connectivity index (χ3n) is 7.36. The van der Waals surface area contributed by atoms with Gasteiger partial charge >= 0.3 is 0 Å². The number of likely N-dealkylation sites (tertiary alicyclic amines) is 1. The predicted molar refractivity (Wildman–Crippen MR) is 145 cm³/mol. The van der Waals surface area contributed by atoms with Gasteiger partial charge in [-0.2, -0.15) is 0 Å². The lowest BCUT2D eigenvalue weighted by Crippen LogP contribution is -2.47. The van der Waals surface area contributed by atoms with Crippen molar-refractivity contribution in [3.8, 4) is 11.5 Å². The molecule has 1 unspecified atom stereocenters. The summed E-state index contributed by atoms with van der Waals surface area (Å²) in [5.74, 6) is -0.0533. The highest BCUT2D eigenvalue weighted by molar-refractivity contribution is 6.42. The minimum Gasteiger partial charge on any atom is -0.504 e. The van der Waals surface area contributed by atoms with E-state index in [1.165, 1.54) is 6.07 Å². The number of phenolic OH excluding ortho intramolecular Hbond substituents is 1. The third kappa shape index (κ3) is 5.34. The number of benzene rings is 3. The van der Waals surface area contributed by atoms with Gasteiger partial charge in [0.15, 0.2) is 11.5 Å². The molecule has 1 amide bonds. The molecular weight excluding hydrogens is 495 g/mol. The number of hydrogen-bond acceptors (Lipinski definition) is 4. The van der Waals surface area contributed by atoms with Crippen LogP contribution in [0.25, 0.3) is 0 Å². The summed E-state index contributed by atoms with van der Waals surface area (Å²) in [6.45, 7) is 5.90. The first-order chi connectivity index (χ1) is 17.1. The highest BCUT2D eigenvalue weighted by Gasteiger charge is 2.43. The maximum atomic E-state index is 13.1. The minimum absolute atomic E-state index is 0.0286. The lowest BCUT2D eigenvalue weighted by Gasteiger charge is -2.40. The van der Waals surface area contributed by atoms with Gasteiger partial charge in [-0.15, -0.1) is 0 Å². The number of halogens is 2. The quantitative estimate of drug-likeness (QED) is 0.348. The zero-order valence-electron chi connectivity index (χ0n) is 20.6. The average Bonchev–Trinajstić information content (AvgIpc) is 3.34. The highest BCUT2D eigenvalue weighted by Crippen LogP contribution is 2.41. The number of amides is 1. The van der Waals surface area contributed by atoms with Gasteiger partial charge in [-0.3, -0.25) is 9.69 Å². The van der Waals surface area contributed by atoms with Crippen molar-refractivity contribution in [2.75, 3.05) is 13.1 Å². The standard InChI is InChI=1S/C29H32Cl2N2O3/c1-28(2,33-16-13-22(19-33)36-26-18-24(31)23(30)17-25(26)34)14-15-29(27(32)35,20-9-5-3-6-10-20)21-11-7-4-8-12-21/h3-12,17-18,22,34H,13-16,19H2,1-2H3,(H2,32,35). The lowest BCUT2D eigenvalue weighted by molar-refractivity contribution is -0.122. The summed E-state index contributed by atoms with van der Waals surface area (Å²) >= 11 is 12.1. The van der Waals surface area contributed by atoms with Gasteiger partial charge < -0.3 is 15.6 Å². The molecule has 0 radical (unpaired) electrons. The SMILES string of the molecule is CC(C)(CCC(C(N)=O)(c1ccccc1)c1ccccc1)N1CCC(Oc2cc(Cl)c(Cl)cc2O)C1. The number of nitrogens with two attached hydrogens (primary N) is 1. The molecule has 0 aromatic heterocycles. The molecule has 0 bridgehead atoms. The summed E-state index contributed by atoms with van der Waals surface area (Å²) in [6.07, 6.45) is 2.02. The second-order valence-corrected chi connectivity index (χ2v) is 10.8. The van der Waals surface area contributed by atoms with Gasteiger partial charge in [-0.25, -0.2) is 0 Å². The van der Waals surface area contributed by atoms with Crippen LogP contribution < -0.4 is 10.5 Å². The molecule has 36 heavy (non-hydrogen) atoms. The normalized spacial score (nSPS) is 16.7. The van der Waals surface area contributed by atoms with E-state index in [9.17, 15) is 9.90 Å². The average molecular weight is 527 g/mol. The van der Waals surface area contributed by atoms with Crippen LogP contribution in [0.5, 0.6) is 11.5 Å². The molecule has 190 valence electrons. The molecule has 7 heteroatoms. The van der Waals surface area contributed by atoms with Crippen molar-refractivity contribution in [1.82, 2.24) is 4.90 Å². The number of hydrogen-bond donors (Lipinski definition) is 2. The monoisotopic (exact) mass is 526 g/mol. The molecule has 4 rings (SSSR count). The van der Waals surface area contributed by atoms with E-state index >= 15 is 0 Å². The number of nitrogens with zero attached hydrogens (tertiary/aromatic N) is 1. The second-order valence-electron chi connectivity index (χ2n) is 10.0. The van der Waals surface area contributed by atoms with Crippen LogP contribution in [0.1, 0.15) is 44.2 Å². The smallest absolute Gasteiger partial charge is 0.232 e. The Hall–Kier alpha value is -2.73. The number of aromatic hydroxyl groups is 1. The van der Waals surface area contributed by atoms with Crippen LogP contribution in [-0.4, -0.2) is 40.6 Å². The molecule has 0 spiro atoms. The van der Waals surface area contributed by atoms with Crippen molar-refractivity contribution in [1.29, 1.82) is 0 Å². The molecule has 1 heterocycles. The minimum atomic E-state index is -0.929. The largest absolute Gasteiger partial charge is 0.504 e. The molecule has 3 aromatic rings. The molecule has 1 saturated heterocycles. The maximum Gasteiger partial charge on any atom is 0.232 e. The third-order valence-corrected chi connectivity index (χ3v) is 8.08. The summed E-state index contributed by atoms with van der Waals surface area (Å²) in [4.78, 5) is 15.5. The van der Waals surface area contributed by atoms with Crippen molar-refractivity contribution in [3.63, 3.8) is 0 Å². The van der Waals surface area contributed by atoms with E-state index in [1.54, 1.807) is 6.07 Å². The second kappa shape index (κ2) is 10.7. The fraction of sp³-hybridized carbons (Fsp3) is 0.345. The van der Waals surface area contributed by atoms with E-state index in [4.69, 9.17) is 33.7 Å². The first kappa shape index (κ1) is 26.3. The van der Waals surface area contributed by atoms with E-state index in [1.807, 2.05) is 60.7 Å². The Morgan fingerprint density at radius 1 is 1.00 bits per heavy atom. The Kier molecular flexibility index (Phi) is 7.84. The van der Waals surface area contributed by atoms with Gasteiger partial charge in [0, 0.05) is 30.8 Å². The Bertz CT molecular complexity index is 1160. The predicted octanol–water partition coefficient (Wildman–Crippen LogP) is 6.18. The van der Waals surface area contributed by atoms with Gasteiger partial charge in [0.2, 0.25) is 5.91 Å². The molecule has 1 fully saturated rings. The number of rotatable bonds is 9. The molecule has 3 aromatic carbocycles. The van der Waals surface area contributed by atoms with Crippen molar-refractivity contribution < 1.29 is 14.6 Å². The van der Waals surface area contributed by atoms with Gasteiger partial charge in [-0.05, 0) is 44.2 Å². The fourth-order valence-electron chi connectivity index (χ4n) is 5.13. The summed E-state index contributed by atoms with van der Waals surface area (Å²) in [6, 6.07) is 22.5.